The molecule has 3 aromatic rings. The number of likely N-dealkylation sites (tertiary alicyclic amines) is 1. The number of ether oxygens (including phenoxy) is 1. The maximum Gasteiger partial charge on any atom is 0.318 e. The van der Waals surface area contributed by atoms with Crippen molar-refractivity contribution in [2.45, 2.75) is 76.1 Å². The summed E-state index contributed by atoms with van der Waals surface area (Å²) in [5.41, 5.74) is 8.01. The molecule has 1 saturated carbocycles. The summed E-state index contributed by atoms with van der Waals surface area (Å²) in [6, 6.07) is 2.00. The van der Waals surface area contributed by atoms with Crippen LogP contribution in [0.3, 0.4) is 0 Å². The van der Waals surface area contributed by atoms with Crippen LogP contribution in [0, 0.1) is 6.92 Å². The van der Waals surface area contributed by atoms with Gasteiger partial charge in [0, 0.05) is 73.8 Å². The van der Waals surface area contributed by atoms with Crippen molar-refractivity contribution in [1.29, 1.82) is 0 Å². The standard InChI is InChI=1S/C31H34N8O2/c1-18-12-20-13-24(28-35-16-25(30(3)4-5-30)39(28)17-23(20)22-15-32-14-21(18)22)37-29(40)38-10-6-31(7-11-38)26-27(34-9-8-33-26)36-19(2)41-31/h8-9,12,15-16,24H,2,4-7,10-11,13-14,17H2,1,3H3,(H,34,36)(H,37,40)/t24-/m1/s1. The summed E-state index contributed by atoms with van der Waals surface area (Å²) < 4.78 is 8.60. The van der Waals surface area contributed by atoms with Crippen LogP contribution in [0.4, 0.5) is 10.6 Å². The molecule has 10 nitrogen and oxygen atoms in total. The number of nitrogens with zero attached hydrogens (tertiary/aromatic N) is 6. The molecular formula is C31H34N8O2. The van der Waals surface area contributed by atoms with Crippen LogP contribution in [0.15, 0.2) is 42.1 Å². The van der Waals surface area contributed by atoms with Crippen molar-refractivity contribution in [3.63, 3.8) is 0 Å². The number of amides is 2. The fourth-order valence-electron chi connectivity index (χ4n) is 7.17. The van der Waals surface area contributed by atoms with E-state index in [-0.39, 0.29) is 17.5 Å². The van der Waals surface area contributed by atoms with Crippen molar-refractivity contribution in [1.82, 2.24) is 29.7 Å². The van der Waals surface area contributed by atoms with E-state index in [0.717, 1.165) is 24.6 Å². The summed E-state index contributed by atoms with van der Waals surface area (Å²) in [4.78, 5) is 34.3. The molecule has 0 unspecified atom stereocenters. The lowest BCUT2D eigenvalue weighted by Crippen LogP contribution is -2.51. The molecule has 2 amide bonds. The van der Waals surface area contributed by atoms with Crippen LogP contribution in [0.5, 0.6) is 0 Å². The number of carbonyl (C=O) groups is 1. The number of urea groups is 1. The number of benzene rings is 1. The van der Waals surface area contributed by atoms with Gasteiger partial charge in [0.2, 0.25) is 0 Å². The molecule has 8 rings (SSSR count). The summed E-state index contributed by atoms with van der Waals surface area (Å²) in [7, 11) is 0. The molecule has 6 heterocycles. The molecule has 1 spiro atoms. The van der Waals surface area contributed by atoms with Gasteiger partial charge in [-0.1, -0.05) is 13.0 Å². The van der Waals surface area contributed by atoms with E-state index in [1.807, 2.05) is 17.3 Å². The molecule has 1 saturated heterocycles. The Morgan fingerprint density at radius 2 is 1.95 bits per heavy atom. The summed E-state index contributed by atoms with van der Waals surface area (Å²) >= 11 is 0. The van der Waals surface area contributed by atoms with E-state index in [1.165, 1.54) is 46.4 Å². The highest BCUT2D eigenvalue weighted by Crippen LogP contribution is 2.49. The van der Waals surface area contributed by atoms with Crippen molar-refractivity contribution in [2.24, 2.45) is 4.99 Å². The highest BCUT2D eigenvalue weighted by atomic mass is 16.5. The Morgan fingerprint density at radius 1 is 1.15 bits per heavy atom. The molecule has 210 valence electrons. The molecule has 1 atom stereocenters. The predicted octanol–water partition coefficient (Wildman–Crippen LogP) is 4.23. The zero-order valence-electron chi connectivity index (χ0n) is 23.5. The molecule has 41 heavy (non-hydrogen) atoms. The summed E-state index contributed by atoms with van der Waals surface area (Å²) in [5.74, 6) is 2.08. The molecular weight excluding hydrogens is 516 g/mol. The molecule has 2 fully saturated rings. The average molecular weight is 551 g/mol. The van der Waals surface area contributed by atoms with Gasteiger partial charge >= 0.3 is 6.03 Å². The van der Waals surface area contributed by atoms with E-state index in [1.54, 1.807) is 12.4 Å². The normalized spacial score (nSPS) is 22.5. The summed E-state index contributed by atoms with van der Waals surface area (Å²) in [5, 5.41) is 6.47. The third kappa shape index (κ3) is 3.79. The van der Waals surface area contributed by atoms with Crippen LogP contribution >= 0.6 is 0 Å². The number of hydrogen-bond donors (Lipinski definition) is 2. The van der Waals surface area contributed by atoms with E-state index >= 15 is 0 Å². The quantitative estimate of drug-likeness (QED) is 0.494. The van der Waals surface area contributed by atoms with Gasteiger partial charge in [0.25, 0.3) is 0 Å². The van der Waals surface area contributed by atoms with Crippen LogP contribution in [0.25, 0.3) is 0 Å². The van der Waals surface area contributed by atoms with Gasteiger partial charge in [-0.2, -0.15) is 0 Å². The van der Waals surface area contributed by atoms with Crippen molar-refractivity contribution in [3.05, 3.63) is 82.1 Å². The van der Waals surface area contributed by atoms with Gasteiger partial charge in [-0.25, -0.2) is 14.8 Å². The minimum absolute atomic E-state index is 0.0754. The summed E-state index contributed by atoms with van der Waals surface area (Å²) in [6.07, 6.45) is 11.7. The van der Waals surface area contributed by atoms with Gasteiger partial charge in [-0.3, -0.25) is 9.98 Å². The van der Waals surface area contributed by atoms with Gasteiger partial charge in [-0.15, -0.1) is 0 Å². The second-order valence-corrected chi connectivity index (χ2v) is 12.4. The summed E-state index contributed by atoms with van der Waals surface area (Å²) in [6.45, 7) is 11.1. The molecule has 1 aliphatic carbocycles. The number of anilines is 1. The Balaban J connectivity index is 1.08. The van der Waals surface area contributed by atoms with Gasteiger partial charge in [-0.05, 0) is 48.6 Å². The lowest BCUT2D eigenvalue weighted by molar-refractivity contribution is -0.0514. The van der Waals surface area contributed by atoms with E-state index < -0.39 is 5.60 Å². The molecule has 0 bridgehead atoms. The highest BCUT2D eigenvalue weighted by Gasteiger charge is 2.47. The van der Waals surface area contributed by atoms with Crippen molar-refractivity contribution in [3.8, 4) is 0 Å². The number of imidazole rings is 1. The Kier molecular flexibility index (Phi) is 5.18. The third-order valence-corrected chi connectivity index (χ3v) is 9.79. The van der Waals surface area contributed by atoms with Gasteiger partial charge in [0.05, 0.1) is 19.1 Å². The zero-order chi connectivity index (χ0) is 27.9. The average Bonchev–Trinajstić information content (AvgIpc) is 3.35. The predicted molar refractivity (Wildman–Crippen MR) is 154 cm³/mol. The van der Waals surface area contributed by atoms with Crippen molar-refractivity contribution >= 4 is 18.1 Å². The monoisotopic (exact) mass is 550 g/mol. The van der Waals surface area contributed by atoms with E-state index in [2.05, 4.69) is 56.7 Å². The maximum absolute atomic E-state index is 13.8. The first kappa shape index (κ1) is 24.6. The minimum atomic E-state index is -0.631. The maximum atomic E-state index is 13.8. The first-order chi connectivity index (χ1) is 19.8. The van der Waals surface area contributed by atoms with E-state index in [4.69, 9.17) is 9.72 Å². The number of carbonyl (C=O) groups excluding carboxylic acids is 1. The lowest BCUT2D eigenvalue weighted by atomic mass is 9.86. The molecule has 2 aromatic heterocycles. The molecule has 0 radical (unpaired) electrons. The Bertz CT molecular complexity index is 1640. The topological polar surface area (TPSA) is 110 Å². The highest BCUT2D eigenvalue weighted by molar-refractivity contribution is 5.88. The number of fused-ring (bicyclic) bond motifs is 6. The first-order valence-corrected chi connectivity index (χ1v) is 14.6. The third-order valence-electron chi connectivity index (χ3n) is 9.79. The number of piperidine rings is 1. The minimum Gasteiger partial charge on any atom is -0.466 e. The first-order valence-electron chi connectivity index (χ1n) is 14.6. The smallest absolute Gasteiger partial charge is 0.318 e. The SMILES string of the molecule is C=C1Nc2nccnc2C2(CCN(C(=O)N[C@@H]3Cc4cc(C)c5c(c4Cn4c(C6(C)CC6)cnc43)C=NC5)CC2)O1. The molecule has 1 aromatic carbocycles. The zero-order valence-corrected chi connectivity index (χ0v) is 23.5. The number of aryl methyl sites for hydroxylation is 1. The second kappa shape index (κ2) is 8.64. The van der Waals surface area contributed by atoms with E-state index in [0.29, 0.717) is 44.1 Å². The van der Waals surface area contributed by atoms with Crippen LogP contribution in [-0.2, 0) is 35.3 Å². The largest absolute Gasteiger partial charge is 0.466 e. The van der Waals surface area contributed by atoms with Crippen molar-refractivity contribution in [2.75, 3.05) is 18.4 Å². The van der Waals surface area contributed by atoms with Crippen LogP contribution in [-0.4, -0.2) is 49.8 Å². The molecule has 2 N–H and O–H groups in total. The number of nitrogens with one attached hydrogen (secondary N) is 2. The molecule has 10 heteroatoms. The number of aromatic nitrogens is 4. The number of hydrogen-bond acceptors (Lipinski definition) is 7. The van der Waals surface area contributed by atoms with Crippen LogP contribution in [0.2, 0.25) is 0 Å². The van der Waals surface area contributed by atoms with Crippen molar-refractivity contribution < 1.29 is 9.53 Å². The van der Waals surface area contributed by atoms with E-state index in [9.17, 15) is 4.79 Å². The Morgan fingerprint density at radius 3 is 2.76 bits per heavy atom. The van der Waals surface area contributed by atoms with Crippen LogP contribution < -0.4 is 10.6 Å². The fraction of sp³-hybridized carbons (Fsp3) is 0.452. The lowest BCUT2D eigenvalue weighted by Gasteiger charge is -2.44. The Hall–Kier alpha value is -4.21. The second-order valence-electron chi connectivity index (χ2n) is 12.4. The number of rotatable bonds is 2. The fourth-order valence-corrected chi connectivity index (χ4v) is 7.17. The Labute approximate surface area is 239 Å². The van der Waals surface area contributed by atoms with Gasteiger partial charge in [0.15, 0.2) is 17.3 Å². The molecule has 4 aliphatic heterocycles. The van der Waals surface area contributed by atoms with Crippen LogP contribution in [0.1, 0.15) is 83.7 Å². The molecule has 5 aliphatic rings. The van der Waals surface area contributed by atoms with Gasteiger partial charge in [0.1, 0.15) is 11.5 Å². The van der Waals surface area contributed by atoms with Gasteiger partial charge < -0.3 is 24.8 Å². The number of aliphatic imine (C=N–C) groups is 1.